The zero-order valence-electron chi connectivity index (χ0n) is 30.3. The molecule has 2 heteroatoms. The molecule has 0 N–H and O–H groups in total. The molecule has 4 bridgehead atoms. The number of anilines is 3. The lowest BCUT2D eigenvalue weighted by atomic mass is 9.43. The van der Waals surface area contributed by atoms with Gasteiger partial charge in [0, 0.05) is 42.6 Å². The van der Waals surface area contributed by atoms with Crippen LogP contribution in [0.3, 0.4) is 0 Å². The molecule has 0 radical (unpaired) electrons. The molecular formula is C52H41NS. The molecule has 0 amide bonds. The predicted octanol–water partition coefficient (Wildman–Crippen LogP) is 14.6. The molecule has 13 rings (SSSR count). The molecule has 0 unspecified atom stereocenters. The largest absolute Gasteiger partial charge is 0.310 e. The normalized spacial score (nSPS) is 23.3. The molecule has 5 aliphatic carbocycles. The number of thiophene rings is 1. The van der Waals surface area contributed by atoms with Crippen LogP contribution < -0.4 is 4.90 Å². The van der Waals surface area contributed by atoms with E-state index in [0.717, 1.165) is 23.7 Å². The summed E-state index contributed by atoms with van der Waals surface area (Å²) >= 11 is 1.89. The van der Waals surface area contributed by atoms with E-state index in [-0.39, 0.29) is 5.41 Å². The van der Waals surface area contributed by atoms with Gasteiger partial charge in [0.1, 0.15) is 0 Å². The van der Waals surface area contributed by atoms with Crippen LogP contribution in [0, 0.1) is 23.7 Å². The van der Waals surface area contributed by atoms with E-state index in [9.17, 15) is 0 Å². The number of benzene rings is 7. The third-order valence-corrected chi connectivity index (χ3v) is 15.0. The number of nitrogens with zero attached hydrogens (tertiary/aromatic N) is 1. The molecule has 260 valence electrons. The highest BCUT2D eigenvalue weighted by Crippen LogP contribution is 2.69. The van der Waals surface area contributed by atoms with Crippen LogP contribution in [0.1, 0.15) is 43.2 Å². The van der Waals surface area contributed by atoms with Crippen LogP contribution in [-0.4, -0.2) is 0 Å². The number of rotatable bonds is 5. The Labute approximate surface area is 321 Å². The fourth-order valence-electron chi connectivity index (χ4n) is 11.9. The van der Waals surface area contributed by atoms with Crippen molar-refractivity contribution in [3.8, 4) is 33.4 Å². The molecule has 1 aromatic heterocycles. The van der Waals surface area contributed by atoms with E-state index in [2.05, 4.69) is 169 Å². The molecule has 0 atom stereocenters. The minimum atomic E-state index is 0.177. The van der Waals surface area contributed by atoms with Gasteiger partial charge < -0.3 is 4.90 Å². The summed E-state index contributed by atoms with van der Waals surface area (Å²) in [5.74, 6) is 3.42. The van der Waals surface area contributed by atoms with Crippen molar-refractivity contribution in [2.45, 2.75) is 37.5 Å². The molecule has 4 saturated carbocycles. The lowest BCUT2D eigenvalue weighted by molar-refractivity contribution is -0.0399. The maximum absolute atomic E-state index is 2.56. The molecule has 0 saturated heterocycles. The number of hydrogen-bond acceptors (Lipinski definition) is 2. The van der Waals surface area contributed by atoms with Crippen molar-refractivity contribution in [3.63, 3.8) is 0 Å². The van der Waals surface area contributed by atoms with Gasteiger partial charge in [-0.3, -0.25) is 0 Å². The summed E-state index contributed by atoms with van der Waals surface area (Å²) in [6, 6.07) is 61.8. The zero-order valence-corrected chi connectivity index (χ0v) is 31.1. The predicted molar refractivity (Wildman–Crippen MR) is 228 cm³/mol. The molecule has 0 aliphatic heterocycles. The highest BCUT2D eigenvalue weighted by atomic mass is 32.1. The molecule has 4 fully saturated rings. The number of hydrogen-bond donors (Lipinski definition) is 0. The van der Waals surface area contributed by atoms with Crippen LogP contribution in [0.2, 0.25) is 0 Å². The van der Waals surface area contributed by atoms with Gasteiger partial charge in [0.25, 0.3) is 0 Å². The Bertz CT molecular complexity index is 2690. The van der Waals surface area contributed by atoms with Crippen LogP contribution >= 0.6 is 11.3 Å². The summed E-state index contributed by atoms with van der Waals surface area (Å²) in [4.78, 5) is 2.50. The first-order chi connectivity index (χ1) is 26.7. The summed E-state index contributed by atoms with van der Waals surface area (Å²) in [7, 11) is 0. The zero-order chi connectivity index (χ0) is 35.4. The number of fused-ring (bicyclic) bond motifs is 6. The van der Waals surface area contributed by atoms with Crippen molar-refractivity contribution in [3.05, 3.63) is 175 Å². The standard InChI is InChI=1S/C52H41NS/c1-2-8-35(9-3-1)36-14-16-37(17-15-36)38-18-20-41(21-19-38)53(43-22-24-46-45-11-5-7-13-50(45)54-51(46)32-43)42-23-25-49-47(31-42)44-10-4-6-12-48(44)52(49)39-27-33-26-34(29-39)30-40(52)28-33/h1-25,31-34,39-40H,26-30H2. The van der Waals surface area contributed by atoms with Gasteiger partial charge in [-0.25, -0.2) is 0 Å². The maximum atomic E-state index is 2.56. The average molecular weight is 712 g/mol. The third-order valence-electron chi connectivity index (χ3n) is 13.9. The van der Waals surface area contributed by atoms with Crippen molar-refractivity contribution in [1.82, 2.24) is 0 Å². The van der Waals surface area contributed by atoms with E-state index in [0.29, 0.717) is 0 Å². The van der Waals surface area contributed by atoms with E-state index < -0.39 is 0 Å². The van der Waals surface area contributed by atoms with Crippen molar-refractivity contribution in [2.24, 2.45) is 23.7 Å². The van der Waals surface area contributed by atoms with Crippen molar-refractivity contribution < 1.29 is 0 Å². The van der Waals surface area contributed by atoms with Crippen LogP contribution in [-0.2, 0) is 5.41 Å². The molecule has 1 heterocycles. The molecule has 5 aliphatic rings. The first-order valence-electron chi connectivity index (χ1n) is 19.9. The van der Waals surface area contributed by atoms with E-state index in [1.54, 1.807) is 11.1 Å². The van der Waals surface area contributed by atoms with E-state index >= 15 is 0 Å². The maximum Gasteiger partial charge on any atom is 0.0476 e. The van der Waals surface area contributed by atoms with Gasteiger partial charge in [-0.15, -0.1) is 11.3 Å². The van der Waals surface area contributed by atoms with Gasteiger partial charge in [-0.2, -0.15) is 0 Å². The monoisotopic (exact) mass is 711 g/mol. The third kappa shape index (κ3) is 4.50. The summed E-state index contributed by atoms with van der Waals surface area (Å²) in [6.45, 7) is 0. The Morgan fingerprint density at radius 1 is 0.407 bits per heavy atom. The Morgan fingerprint density at radius 3 is 1.69 bits per heavy atom. The van der Waals surface area contributed by atoms with Crippen LogP contribution in [0.5, 0.6) is 0 Å². The highest BCUT2D eigenvalue weighted by Gasteiger charge is 2.61. The minimum Gasteiger partial charge on any atom is -0.310 e. The summed E-state index contributed by atoms with van der Waals surface area (Å²) in [5, 5.41) is 2.67. The fourth-order valence-corrected chi connectivity index (χ4v) is 13.0. The topological polar surface area (TPSA) is 3.24 Å². The summed E-state index contributed by atoms with van der Waals surface area (Å²) < 4.78 is 2.67. The Hall–Kier alpha value is -5.44. The minimum absolute atomic E-state index is 0.177. The van der Waals surface area contributed by atoms with Crippen molar-refractivity contribution >= 4 is 48.6 Å². The smallest absolute Gasteiger partial charge is 0.0476 e. The van der Waals surface area contributed by atoms with Gasteiger partial charge in [-0.05, 0) is 143 Å². The second-order valence-corrected chi connectivity index (χ2v) is 17.6. The van der Waals surface area contributed by atoms with Crippen molar-refractivity contribution in [2.75, 3.05) is 4.90 Å². The quantitative estimate of drug-likeness (QED) is 0.172. The second kappa shape index (κ2) is 11.8. The molecular weight excluding hydrogens is 671 g/mol. The Morgan fingerprint density at radius 2 is 0.944 bits per heavy atom. The summed E-state index contributed by atoms with van der Waals surface area (Å²) in [6.07, 6.45) is 7.11. The second-order valence-electron chi connectivity index (χ2n) is 16.6. The van der Waals surface area contributed by atoms with E-state index in [4.69, 9.17) is 0 Å². The Kier molecular flexibility index (Phi) is 6.75. The van der Waals surface area contributed by atoms with Crippen LogP contribution in [0.4, 0.5) is 17.1 Å². The average Bonchev–Trinajstić information content (AvgIpc) is 3.74. The van der Waals surface area contributed by atoms with Crippen molar-refractivity contribution in [1.29, 1.82) is 0 Å². The lowest BCUT2D eigenvalue weighted by Gasteiger charge is -2.61. The Balaban J connectivity index is 0.987. The molecule has 7 aromatic carbocycles. The lowest BCUT2D eigenvalue weighted by Crippen LogP contribution is -2.55. The first-order valence-corrected chi connectivity index (χ1v) is 20.7. The van der Waals surface area contributed by atoms with Gasteiger partial charge >= 0.3 is 0 Å². The van der Waals surface area contributed by atoms with Crippen LogP contribution in [0.25, 0.3) is 53.6 Å². The summed E-state index contributed by atoms with van der Waals surface area (Å²) in [5.41, 5.74) is 14.9. The highest BCUT2D eigenvalue weighted by molar-refractivity contribution is 7.25. The molecule has 1 spiro atoms. The molecule has 8 aromatic rings. The molecule has 1 nitrogen and oxygen atoms in total. The van der Waals surface area contributed by atoms with E-state index in [1.807, 2.05) is 11.3 Å². The van der Waals surface area contributed by atoms with Gasteiger partial charge in [0.15, 0.2) is 0 Å². The molecule has 54 heavy (non-hydrogen) atoms. The SMILES string of the molecule is c1ccc(-c2ccc(-c3ccc(N(c4ccc5c(c4)-c4ccccc4C54C5CC6CC(C5)CC4C6)c4ccc5c(c4)sc4ccccc45)cc3)cc2)cc1. The van der Waals surface area contributed by atoms with Gasteiger partial charge in [0.05, 0.1) is 0 Å². The first kappa shape index (κ1) is 31.0. The van der Waals surface area contributed by atoms with Gasteiger partial charge in [0.2, 0.25) is 0 Å². The van der Waals surface area contributed by atoms with E-state index in [1.165, 1.54) is 103 Å². The fraction of sp³-hybridized carbons (Fsp3) is 0.192. The van der Waals surface area contributed by atoms with Gasteiger partial charge in [-0.1, -0.05) is 121 Å². The van der Waals surface area contributed by atoms with Crippen LogP contribution in [0.15, 0.2) is 164 Å².